The molecule has 0 spiro atoms. The van der Waals surface area contributed by atoms with E-state index in [0.717, 1.165) is 5.52 Å². The molecule has 2 unspecified atom stereocenters. The zero-order chi connectivity index (χ0) is 18.8. The Morgan fingerprint density at radius 2 is 2.30 bits per heavy atom. The van der Waals surface area contributed by atoms with Crippen LogP contribution < -0.4 is 0 Å². The van der Waals surface area contributed by atoms with Gasteiger partial charge in [-0.15, -0.1) is 0 Å². The summed E-state index contributed by atoms with van der Waals surface area (Å²) in [5.41, 5.74) is 2.40. The highest BCUT2D eigenvalue weighted by Crippen LogP contribution is 2.21. The number of carbonyl (C=O) groups excluding carboxylic acids is 1. The Kier molecular flexibility index (Phi) is 4.52. The highest BCUT2D eigenvalue weighted by atomic mass is 19.1. The topological polar surface area (TPSA) is 94.9 Å². The second-order valence-corrected chi connectivity index (χ2v) is 6.34. The Morgan fingerprint density at radius 1 is 1.41 bits per heavy atom. The van der Waals surface area contributed by atoms with Crippen molar-refractivity contribution in [2.24, 2.45) is 0 Å². The molecule has 4 rings (SSSR count). The van der Waals surface area contributed by atoms with Gasteiger partial charge in [-0.05, 0) is 30.3 Å². The molecule has 0 saturated carbocycles. The number of carbonyl (C=O) groups is 1. The number of alkyl halides is 1. The molecular weight excluding hydrogens is 349 g/mol. The summed E-state index contributed by atoms with van der Waals surface area (Å²) in [6.07, 6.45) is 1.07. The Hall–Kier alpha value is -3.31. The lowest BCUT2D eigenvalue weighted by Crippen LogP contribution is -2.30. The van der Waals surface area contributed by atoms with E-state index in [2.05, 4.69) is 21.0 Å². The van der Waals surface area contributed by atoms with E-state index in [1.165, 1.54) is 11.1 Å². The number of hydrogen-bond acceptors (Lipinski definition) is 5. The third-order valence-electron chi connectivity index (χ3n) is 4.49. The van der Waals surface area contributed by atoms with Crippen molar-refractivity contribution in [2.45, 2.75) is 18.9 Å². The number of likely N-dealkylation sites (tertiary alicyclic amines) is 1. The molecule has 3 aromatic rings. The fourth-order valence-corrected chi connectivity index (χ4v) is 3.12. The second-order valence-electron chi connectivity index (χ2n) is 6.34. The molecule has 0 bridgehead atoms. The number of nitrogens with zero attached hydrogens (tertiary/aromatic N) is 4. The first-order valence-corrected chi connectivity index (χ1v) is 8.48. The summed E-state index contributed by atoms with van der Waals surface area (Å²) in [5.74, 6) is 0.286. The van der Waals surface area contributed by atoms with Crippen LogP contribution in [0.2, 0.25) is 0 Å². The van der Waals surface area contributed by atoms with Crippen LogP contribution in [0.3, 0.4) is 0 Å². The van der Waals surface area contributed by atoms with Crippen molar-refractivity contribution in [3.63, 3.8) is 0 Å². The number of halogens is 1. The molecule has 27 heavy (non-hydrogen) atoms. The number of H-pyrrole nitrogens is 1. The third-order valence-corrected chi connectivity index (χ3v) is 4.49. The van der Waals surface area contributed by atoms with Crippen LogP contribution in [-0.4, -0.2) is 51.1 Å². The van der Waals surface area contributed by atoms with Gasteiger partial charge >= 0.3 is 0 Å². The van der Waals surface area contributed by atoms with Crippen molar-refractivity contribution in [1.82, 2.24) is 19.9 Å². The number of nitriles is 1. The number of ether oxygens (including phenoxy) is 1. The maximum Gasteiger partial charge on any atom is 0.255 e. The maximum atomic E-state index is 14.3. The van der Waals surface area contributed by atoms with E-state index in [1.54, 1.807) is 36.5 Å². The number of aromatic nitrogens is 3. The molecule has 2 aromatic heterocycles. The van der Waals surface area contributed by atoms with Gasteiger partial charge in [-0.3, -0.25) is 9.78 Å². The number of hydrogen-bond donors (Lipinski definition) is 1. The van der Waals surface area contributed by atoms with Crippen molar-refractivity contribution >= 4 is 16.9 Å². The van der Waals surface area contributed by atoms with Crippen LogP contribution in [0.4, 0.5) is 4.39 Å². The molecule has 136 valence electrons. The minimum atomic E-state index is -1.26. The third kappa shape index (κ3) is 3.50. The summed E-state index contributed by atoms with van der Waals surface area (Å²) in [5, 5.41) is 8.95. The van der Waals surface area contributed by atoms with Crippen molar-refractivity contribution < 1.29 is 13.9 Å². The van der Waals surface area contributed by atoms with Gasteiger partial charge in [0.1, 0.15) is 24.7 Å². The van der Waals surface area contributed by atoms with Crippen molar-refractivity contribution in [2.75, 3.05) is 13.1 Å². The lowest BCUT2D eigenvalue weighted by molar-refractivity contribution is 0.00887. The number of benzene rings is 1. The van der Waals surface area contributed by atoms with Crippen LogP contribution in [-0.2, 0) is 11.3 Å². The number of amides is 1. The van der Waals surface area contributed by atoms with Crippen molar-refractivity contribution in [3.05, 3.63) is 59.7 Å². The first-order chi connectivity index (χ1) is 13.1. The predicted octanol–water partition coefficient (Wildman–Crippen LogP) is 2.21. The highest BCUT2D eigenvalue weighted by Gasteiger charge is 2.36. The second kappa shape index (κ2) is 7.13. The lowest BCUT2D eigenvalue weighted by atomic mass is 10.2. The van der Waals surface area contributed by atoms with Crippen LogP contribution in [0.15, 0.2) is 42.7 Å². The van der Waals surface area contributed by atoms with Crippen LogP contribution in [0.1, 0.15) is 21.7 Å². The molecule has 1 fully saturated rings. The molecule has 1 amide bonds. The molecule has 0 radical (unpaired) electrons. The standard InChI is InChI=1S/C19H16FN5O2/c20-14-9-25(19(26)13-2-1-5-22-8-13)10-17(14)27-11-18-23-15-4-3-12(7-21)6-16(15)24-18/h1-6,8,14,17H,9-11H2,(H,23,24). The Balaban J connectivity index is 1.40. The summed E-state index contributed by atoms with van der Waals surface area (Å²) in [6, 6.07) is 10.5. The molecule has 2 atom stereocenters. The molecule has 1 aromatic carbocycles. The monoisotopic (exact) mass is 365 g/mol. The number of aromatic amines is 1. The van der Waals surface area contributed by atoms with Gasteiger partial charge in [0.25, 0.3) is 5.91 Å². The Labute approximate surface area is 154 Å². The first-order valence-electron chi connectivity index (χ1n) is 8.48. The average molecular weight is 365 g/mol. The van der Waals surface area contributed by atoms with Gasteiger partial charge in [0, 0.05) is 12.4 Å². The molecule has 8 heteroatoms. The Morgan fingerprint density at radius 3 is 3.07 bits per heavy atom. The minimum Gasteiger partial charge on any atom is -0.365 e. The SMILES string of the molecule is N#Cc1ccc2nc(COC3CN(C(=O)c4cccnc4)CC3F)[nH]c2c1. The molecule has 1 aliphatic heterocycles. The zero-order valence-corrected chi connectivity index (χ0v) is 14.3. The molecule has 3 heterocycles. The van der Waals surface area contributed by atoms with Gasteiger partial charge in [0.2, 0.25) is 0 Å². The molecule has 1 N–H and O–H groups in total. The van der Waals surface area contributed by atoms with E-state index in [-0.39, 0.29) is 25.6 Å². The summed E-state index contributed by atoms with van der Waals surface area (Å²) in [4.78, 5) is 25.2. The minimum absolute atomic E-state index is 0.00987. The quantitative estimate of drug-likeness (QED) is 0.765. The number of nitrogens with one attached hydrogen (secondary N) is 1. The number of fused-ring (bicyclic) bond motifs is 1. The molecule has 1 aliphatic rings. The van der Waals surface area contributed by atoms with E-state index in [9.17, 15) is 9.18 Å². The average Bonchev–Trinajstić information content (AvgIpc) is 3.28. The summed E-state index contributed by atoms with van der Waals surface area (Å²) < 4.78 is 20.0. The Bertz CT molecular complexity index is 1010. The largest absolute Gasteiger partial charge is 0.365 e. The van der Waals surface area contributed by atoms with Crippen LogP contribution in [0.25, 0.3) is 11.0 Å². The predicted molar refractivity (Wildman–Crippen MR) is 94.4 cm³/mol. The van der Waals surface area contributed by atoms with Crippen molar-refractivity contribution in [3.8, 4) is 6.07 Å². The molecular formula is C19H16FN5O2. The van der Waals surface area contributed by atoms with Crippen LogP contribution >= 0.6 is 0 Å². The summed E-state index contributed by atoms with van der Waals surface area (Å²) in [7, 11) is 0. The maximum absolute atomic E-state index is 14.3. The number of rotatable bonds is 4. The van der Waals surface area contributed by atoms with E-state index in [1.807, 2.05) is 0 Å². The molecule has 0 aliphatic carbocycles. The lowest BCUT2D eigenvalue weighted by Gasteiger charge is -2.15. The van der Waals surface area contributed by atoms with Crippen LogP contribution in [0.5, 0.6) is 0 Å². The molecule has 1 saturated heterocycles. The first kappa shape index (κ1) is 17.1. The fourth-order valence-electron chi connectivity index (χ4n) is 3.12. The van der Waals surface area contributed by atoms with Gasteiger partial charge in [0.15, 0.2) is 0 Å². The highest BCUT2D eigenvalue weighted by molar-refractivity contribution is 5.94. The van der Waals surface area contributed by atoms with Gasteiger partial charge in [0.05, 0.1) is 41.3 Å². The van der Waals surface area contributed by atoms with Crippen molar-refractivity contribution in [1.29, 1.82) is 5.26 Å². The van der Waals surface area contributed by atoms with Crippen LogP contribution in [0, 0.1) is 11.3 Å². The van der Waals surface area contributed by atoms with Gasteiger partial charge in [-0.1, -0.05) is 0 Å². The van der Waals surface area contributed by atoms with E-state index < -0.39 is 12.3 Å². The van der Waals surface area contributed by atoms with E-state index in [0.29, 0.717) is 22.5 Å². The number of imidazole rings is 1. The van der Waals surface area contributed by atoms with E-state index in [4.69, 9.17) is 10.00 Å². The zero-order valence-electron chi connectivity index (χ0n) is 14.3. The fraction of sp³-hybridized carbons (Fsp3) is 0.263. The summed E-state index contributed by atoms with van der Waals surface area (Å²) in [6.45, 7) is 0.258. The summed E-state index contributed by atoms with van der Waals surface area (Å²) >= 11 is 0. The van der Waals surface area contributed by atoms with Gasteiger partial charge in [-0.2, -0.15) is 5.26 Å². The smallest absolute Gasteiger partial charge is 0.255 e. The van der Waals surface area contributed by atoms with E-state index >= 15 is 0 Å². The van der Waals surface area contributed by atoms with Gasteiger partial charge in [-0.25, -0.2) is 9.37 Å². The number of pyridine rings is 1. The normalized spacial score (nSPS) is 19.3. The molecule has 7 nitrogen and oxygen atoms in total. The van der Waals surface area contributed by atoms with Gasteiger partial charge < -0.3 is 14.6 Å².